The van der Waals surface area contributed by atoms with Gasteiger partial charge in [0.2, 0.25) is 0 Å². The van der Waals surface area contributed by atoms with Gasteiger partial charge in [-0.15, -0.1) is 11.3 Å². The molecule has 1 aromatic heterocycles. The van der Waals surface area contributed by atoms with E-state index >= 15 is 0 Å². The minimum atomic E-state index is 0.429. The van der Waals surface area contributed by atoms with Crippen LogP contribution in [0.3, 0.4) is 0 Å². The van der Waals surface area contributed by atoms with Gasteiger partial charge in [0.25, 0.3) is 0 Å². The van der Waals surface area contributed by atoms with Gasteiger partial charge in [-0.3, -0.25) is 4.90 Å². The predicted molar refractivity (Wildman–Crippen MR) is 90.9 cm³/mol. The monoisotopic (exact) mass is 363 g/mol. The van der Waals surface area contributed by atoms with Crippen LogP contribution in [0, 0.1) is 0 Å². The van der Waals surface area contributed by atoms with E-state index in [4.69, 9.17) is 4.98 Å². The third-order valence-electron chi connectivity index (χ3n) is 4.48. The molecule has 0 spiro atoms. The van der Waals surface area contributed by atoms with Gasteiger partial charge in [0.1, 0.15) is 5.01 Å². The zero-order valence-electron chi connectivity index (χ0n) is 12.0. The highest BCUT2D eigenvalue weighted by Crippen LogP contribution is 2.43. The highest BCUT2D eigenvalue weighted by atomic mass is 79.9. The van der Waals surface area contributed by atoms with Crippen LogP contribution in [0.25, 0.3) is 11.3 Å². The topological polar surface area (TPSA) is 28.2 Å². The number of thiazole rings is 1. The van der Waals surface area contributed by atoms with Crippen LogP contribution in [0.4, 0.5) is 0 Å². The van der Waals surface area contributed by atoms with E-state index in [1.54, 1.807) is 0 Å². The summed E-state index contributed by atoms with van der Waals surface area (Å²) in [5.74, 6) is 0. The molecule has 0 amide bonds. The van der Waals surface area contributed by atoms with Crippen molar-refractivity contribution < 1.29 is 0 Å². The first kappa shape index (κ1) is 13.9. The fourth-order valence-electron chi connectivity index (χ4n) is 3.23. The van der Waals surface area contributed by atoms with Crippen LogP contribution in [0.5, 0.6) is 0 Å². The molecule has 1 aliphatic heterocycles. The Morgan fingerprint density at radius 2 is 2.14 bits per heavy atom. The summed E-state index contributed by atoms with van der Waals surface area (Å²) in [6.45, 7) is 6.71. The molecule has 2 aromatic rings. The molecule has 2 heterocycles. The largest absolute Gasteiger partial charge is 0.314 e. The number of hydrogen-bond donors (Lipinski definition) is 1. The van der Waals surface area contributed by atoms with Crippen molar-refractivity contribution in [1.82, 2.24) is 15.2 Å². The Balaban J connectivity index is 1.65. The van der Waals surface area contributed by atoms with Gasteiger partial charge < -0.3 is 5.32 Å². The number of halogens is 1. The van der Waals surface area contributed by atoms with Gasteiger partial charge in [0, 0.05) is 47.5 Å². The molecule has 0 radical (unpaired) electrons. The quantitative estimate of drug-likeness (QED) is 0.755. The minimum Gasteiger partial charge on any atom is -0.314 e. The first-order chi connectivity index (χ1) is 10.2. The molecule has 1 atom stereocenters. The van der Waals surface area contributed by atoms with Gasteiger partial charge in [0.15, 0.2) is 0 Å². The third-order valence-corrected chi connectivity index (χ3v) is 6.45. The number of benzene rings is 1. The fraction of sp³-hybridized carbons (Fsp3) is 0.438. The maximum Gasteiger partial charge on any atom is 0.110 e. The van der Waals surface area contributed by atoms with Crippen LogP contribution in [0.2, 0.25) is 0 Å². The molecule has 3 nitrogen and oxygen atoms in total. The Morgan fingerprint density at radius 1 is 1.33 bits per heavy atom. The highest BCUT2D eigenvalue weighted by molar-refractivity contribution is 9.10. The zero-order chi connectivity index (χ0) is 14.4. The molecule has 5 heteroatoms. The SMILES string of the molecule is CC(c1nc2c(s1)Cc1c(Br)cccc1-2)N1CCNCC1. The number of nitrogens with one attached hydrogen (secondary N) is 1. The molecule has 2 aliphatic rings. The zero-order valence-corrected chi connectivity index (χ0v) is 14.4. The normalized spacial score (nSPS) is 19.3. The van der Waals surface area contributed by atoms with Crippen LogP contribution in [-0.4, -0.2) is 36.1 Å². The van der Waals surface area contributed by atoms with E-state index in [0.717, 1.165) is 32.6 Å². The summed E-state index contributed by atoms with van der Waals surface area (Å²) in [4.78, 5) is 8.94. The van der Waals surface area contributed by atoms with E-state index < -0.39 is 0 Å². The van der Waals surface area contributed by atoms with Gasteiger partial charge in [-0.2, -0.15) is 0 Å². The molecule has 4 rings (SSSR count). The van der Waals surface area contributed by atoms with Gasteiger partial charge >= 0.3 is 0 Å². The molecule has 1 unspecified atom stereocenters. The lowest BCUT2D eigenvalue weighted by Gasteiger charge is -2.31. The van der Waals surface area contributed by atoms with Crippen molar-refractivity contribution >= 4 is 27.3 Å². The predicted octanol–water partition coefficient (Wildman–Crippen LogP) is 3.44. The summed E-state index contributed by atoms with van der Waals surface area (Å²) in [6.07, 6.45) is 1.03. The number of piperazine rings is 1. The fourth-order valence-corrected chi connectivity index (χ4v) is 4.91. The lowest BCUT2D eigenvalue weighted by Crippen LogP contribution is -2.44. The maximum atomic E-state index is 4.98. The Bertz CT molecular complexity index is 676. The van der Waals surface area contributed by atoms with Crippen LogP contribution < -0.4 is 5.32 Å². The van der Waals surface area contributed by atoms with Crippen molar-refractivity contribution in [2.75, 3.05) is 26.2 Å². The summed E-state index contributed by atoms with van der Waals surface area (Å²) in [7, 11) is 0. The number of nitrogens with zero attached hydrogens (tertiary/aromatic N) is 2. The minimum absolute atomic E-state index is 0.429. The van der Waals surface area contributed by atoms with Crippen molar-refractivity contribution in [2.45, 2.75) is 19.4 Å². The van der Waals surface area contributed by atoms with E-state index in [0.29, 0.717) is 6.04 Å². The standard InChI is InChI=1S/C16H18BrN3S/c1-10(20-7-5-18-6-8-20)16-19-15-11-3-2-4-13(17)12(11)9-14(15)21-16/h2-4,10,18H,5-9H2,1H3. The van der Waals surface area contributed by atoms with E-state index in [-0.39, 0.29) is 0 Å². The molecule has 1 aromatic carbocycles. The molecule has 21 heavy (non-hydrogen) atoms. The third kappa shape index (κ3) is 2.36. The second-order valence-electron chi connectivity index (χ2n) is 5.73. The van der Waals surface area contributed by atoms with Crippen molar-refractivity contribution in [3.05, 3.63) is 38.1 Å². The molecule has 110 valence electrons. The summed E-state index contributed by atoms with van der Waals surface area (Å²) in [5.41, 5.74) is 3.93. The molecule has 1 N–H and O–H groups in total. The van der Waals surface area contributed by atoms with Crippen molar-refractivity contribution in [1.29, 1.82) is 0 Å². The summed E-state index contributed by atoms with van der Waals surface area (Å²) in [6, 6.07) is 6.86. The van der Waals surface area contributed by atoms with Crippen molar-refractivity contribution in [2.24, 2.45) is 0 Å². The molecule has 1 saturated heterocycles. The number of hydrogen-bond acceptors (Lipinski definition) is 4. The van der Waals surface area contributed by atoms with Crippen LogP contribution in [-0.2, 0) is 6.42 Å². The number of aromatic nitrogens is 1. The molecule has 1 fully saturated rings. The van der Waals surface area contributed by atoms with Gasteiger partial charge in [0.05, 0.1) is 11.7 Å². The van der Waals surface area contributed by atoms with Gasteiger partial charge in [-0.05, 0) is 18.6 Å². The second-order valence-corrected chi connectivity index (χ2v) is 7.70. The van der Waals surface area contributed by atoms with Crippen molar-refractivity contribution in [3.63, 3.8) is 0 Å². The Kier molecular flexibility index (Phi) is 3.61. The second kappa shape index (κ2) is 5.47. The Hall–Kier alpha value is -0.750. The lowest BCUT2D eigenvalue weighted by atomic mass is 10.1. The molecule has 0 bridgehead atoms. The summed E-state index contributed by atoms with van der Waals surface area (Å²) < 4.78 is 1.21. The summed E-state index contributed by atoms with van der Waals surface area (Å²) in [5, 5.41) is 4.69. The first-order valence-corrected chi connectivity index (χ1v) is 9.07. The molecular formula is C16H18BrN3S. The first-order valence-electron chi connectivity index (χ1n) is 7.46. The van der Waals surface area contributed by atoms with Crippen LogP contribution >= 0.6 is 27.3 Å². The van der Waals surface area contributed by atoms with Gasteiger partial charge in [-0.25, -0.2) is 4.98 Å². The highest BCUT2D eigenvalue weighted by Gasteiger charge is 2.28. The van der Waals surface area contributed by atoms with E-state index in [1.807, 2.05) is 11.3 Å². The Morgan fingerprint density at radius 3 is 2.95 bits per heavy atom. The summed E-state index contributed by atoms with van der Waals surface area (Å²) >= 11 is 5.56. The van der Waals surface area contributed by atoms with E-state index in [9.17, 15) is 0 Å². The molecular weight excluding hydrogens is 346 g/mol. The average molecular weight is 364 g/mol. The van der Waals surface area contributed by atoms with Gasteiger partial charge in [-0.1, -0.05) is 28.1 Å². The lowest BCUT2D eigenvalue weighted by molar-refractivity contribution is 0.185. The number of fused-ring (bicyclic) bond motifs is 3. The Labute approximate surface area is 137 Å². The smallest absolute Gasteiger partial charge is 0.110 e. The molecule has 1 aliphatic carbocycles. The average Bonchev–Trinajstić information content (AvgIpc) is 3.07. The van der Waals surface area contributed by atoms with Crippen molar-refractivity contribution in [3.8, 4) is 11.3 Å². The molecule has 0 saturated carbocycles. The van der Waals surface area contributed by atoms with Crippen LogP contribution in [0.15, 0.2) is 22.7 Å². The van der Waals surface area contributed by atoms with E-state index in [2.05, 4.69) is 51.3 Å². The number of rotatable bonds is 2. The maximum absolute atomic E-state index is 4.98. The van der Waals surface area contributed by atoms with Crippen LogP contribution in [0.1, 0.15) is 28.4 Å². The van der Waals surface area contributed by atoms with E-state index in [1.165, 1.54) is 31.2 Å².